The van der Waals surface area contributed by atoms with Crippen LogP contribution in [0.2, 0.25) is 0 Å². The summed E-state index contributed by atoms with van der Waals surface area (Å²) in [4.78, 5) is 2.04. The van der Waals surface area contributed by atoms with Crippen molar-refractivity contribution in [1.82, 2.24) is 14.8 Å². The fourth-order valence-corrected chi connectivity index (χ4v) is 3.11. The molecule has 1 aliphatic rings. The van der Waals surface area contributed by atoms with Gasteiger partial charge in [-0.2, -0.15) is 0 Å². The van der Waals surface area contributed by atoms with E-state index in [2.05, 4.69) is 28.4 Å². The Morgan fingerprint density at radius 3 is 2.79 bits per heavy atom. The van der Waals surface area contributed by atoms with Crippen LogP contribution < -0.4 is 9.64 Å². The van der Waals surface area contributed by atoms with Gasteiger partial charge >= 0.3 is 6.01 Å². The minimum Gasteiger partial charge on any atom is -0.424 e. The average molecular weight is 320 g/mol. The number of benzene rings is 2. The molecule has 0 saturated heterocycles. The molecule has 1 aromatic heterocycles. The molecular weight excluding hydrogens is 300 g/mol. The van der Waals surface area contributed by atoms with Crippen molar-refractivity contribution in [3.05, 3.63) is 59.9 Å². The number of aromatic nitrogens is 3. The van der Waals surface area contributed by atoms with Crippen molar-refractivity contribution in [2.24, 2.45) is 0 Å². The van der Waals surface area contributed by atoms with Gasteiger partial charge in [0.2, 0.25) is 0 Å². The van der Waals surface area contributed by atoms with E-state index in [0.717, 1.165) is 23.5 Å². The third kappa shape index (κ3) is 2.73. The summed E-state index contributed by atoms with van der Waals surface area (Å²) in [5.74, 6) is 0.747. The van der Waals surface area contributed by atoms with Crippen LogP contribution >= 0.6 is 0 Å². The first-order valence-electron chi connectivity index (χ1n) is 8.18. The van der Waals surface area contributed by atoms with E-state index in [4.69, 9.17) is 4.74 Å². The molecule has 0 atom stereocenters. The molecule has 5 heteroatoms. The fourth-order valence-electron chi connectivity index (χ4n) is 3.11. The number of hydrogen-bond donors (Lipinski definition) is 0. The highest BCUT2D eigenvalue weighted by Crippen LogP contribution is 2.28. The van der Waals surface area contributed by atoms with Gasteiger partial charge in [0, 0.05) is 25.8 Å². The van der Waals surface area contributed by atoms with Crippen molar-refractivity contribution in [3.8, 4) is 17.4 Å². The molecular formula is C19H20N4O. The highest BCUT2D eigenvalue weighted by molar-refractivity contribution is 5.50. The summed E-state index contributed by atoms with van der Waals surface area (Å²) in [6, 6.07) is 14.9. The maximum absolute atomic E-state index is 5.98. The minimum absolute atomic E-state index is 0.476. The third-order valence-electron chi connectivity index (χ3n) is 4.42. The molecule has 0 aliphatic heterocycles. The third-order valence-corrected chi connectivity index (χ3v) is 4.42. The Morgan fingerprint density at radius 2 is 1.92 bits per heavy atom. The Hall–Kier alpha value is -2.82. The van der Waals surface area contributed by atoms with Gasteiger partial charge in [0.1, 0.15) is 12.1 Å². The number of hydrogen-bond acceptors (Lipinski definition) is 4. The van der Waals surface area contributed by atoms with E-state index in [1.165, 1.54) is 24.0 Å². The van der Waals surface area contributed by atoms with Gasteiger partial charge in [-0.3, -0.25) is 4.57 Å². The van der Waals surface area contributed by atoms with Crippen molar-refractivity contribution >= 4 is 5.69 Å². The normalized spacial score (nSPS) is 12.9. The standard InChI is InChI=1S/C19H20N4O/c1-22(2)16-7-4-8-18(12-16)24-19-21-20-13-23(19)17-10-9-14-5-3-6-15(14)11-17/h4,7-13H,3,5-6H2,1-2H3. The number of fused-ring (bicyclic) bond motifs is 1. The molecule has 1 heterocycles. The molecule has 0 bridgehead atoms. The monoisotopic (exact) mass is 320 g/mol. The van der Waals surface area contributed by atoms with Crippen LogP contribution in [0.5, 0.6) is 11.8 Å². The van der Waals surface area contributed by atoms with E-state index < -0.39 is 0 Å². The molecule has 0 amide bonds. The van der Waals surface area contributed by atoms with Crippen LogP contribution in [-0.4, -0.2) is 28.9 Å². The molecule has 3 aromatic rings. The van der Waals surface area contributed by atoms with Crippen LogP contribution in [0.1, 0.15) is 17.5 Å². The SMILES string of the molecule is CN(C)c1cccc(Oc2nncn2-c2ccc3c(c2)CCC3)c1. The summed E-state index contributed by atoms with van der Waals surface area (Å²) in [5.41, 5.74) is 4.99. The van der Waals surface area contributed by atoms with Gasteiger partial charge in [-0.05, 0) is 54.7 Å². The molecule has 0 fully saturated rings. The summed E-state index contributed by atoms with van der Waals surface area (Å²) >= 11 is 0. The number of aryl methyl sites for hydroxylation is 2. The second kappa shape index (κ2) is 6.00. The molecule has 0 saturated carbocycles. The first kappa shape index (κ1) is 14.8. The Labute approximate surface area is 141 Å². The molecule has 5 nitrogen and oxygen atoms in total. The van der Waals surface area contributed by atoms with E-state index in [1.807, 2.05) is 47.8 Å². The highest BCUT2D eigenvalue weighted by atomic mass is 16.5. The summed E-state index contributed by atoms with van der Waals surface area (Å²) in [6.45, 7) is 0. The molecule has 24 heavy (non-hydrogen) atoms. The van der Waals surface area contributed by atoms with Crippen LogP contribution in [0.3, 0.4) is 0 Å². The maximum atomic E-state index is 5.98. The van der Waals surface area contributed by atoms with Gasteiger partial charge in [-0.1, -0.05) is 17.2 Å². The molecule has 2 aromatic carbocycles. The van der Waals surface area contributed by atoms with E-state index in [-0.39, 0.29) is 0 Å². The van der Waals surface area contributed by atoms with Gasteiger partial charge < -0.3 is 9.64 Å². The summed E-state index contributed by atoms with van der Waals surface area (Å²) < 4.78 is 7.87. The number of rotatable bonds is 4. The topological polar surface area (TPSA) is 43.2 Å². The van der Waals surface area contributed by atoms with Crippen molar-refractivity contribution in [2.45, 2.75) is 19.3 Å². The van der Waals surface area contributed by atoms with Crippen LogP contribution in [0.15, 0.2) is 48.8 Å². The summed E-state index contributed by atoms with van der Waals surface area (Å²) in [6.07, 6.45) is 5.26. The maximum Gasteiger partial charge on any atom is 0.327 e. The molecule has 1 aliphatic carbocycles. The molecule has 0 spiro atoms. The Bertz CT molecular complexity index is 869. The predicted octanol–water partition coefficient (Wildman–Crippen LogP) is 3.61. The van der Waals surface area contributed by atoms with Gasteiger partial charge in [-0.15, -0.1) is 5.10 Å². The average Bonchev–Trinajstić information content (AvgIpc) is 3.23. The van der Waals surface area contributed by atoms with Gasteiger partial charge in [0.15, 0.2) is 0 Å². The molecule has 4 rings (SSSR count). The lowest BCUT2D eigenvalue weighted by Crippen LogP contribution is -2.08. The second-order valence-electron chi connectivity index (χ2n) is 6.28. The molecule has 122 valence electrons. The van der Waals surface area contributed by atoms with Crippen LogP contribution in [0, 0.1) is 0 Å². The van der Waals surface area contributed by atoms with E-state index >= 15 is 0 Å². The Balaban J connectivity index is 1.64. The lowest BCUT2D eigenvalue weighted by molar-refractivity contribution is 0.432. The quantitative estimate of drug-likeness (QED) is 0.736. The van der Waals surface area contributed by atoms with Crippen LogP contribution in [0.4, 0.5) is 5.69 Å². The first-order chi connectivity index (χ1) is 11.7. The number of ether oxygens (including phenoxy) is 1. The van der Waals surface area contributed by atoms with Gasteiger partial charge in [0.25, 0.3) is 0 Å². The smallest absolute Gasteiger partial charge is 0.327 e. The van der Waals surface area contributed by atoms with Crippen molar-refractivity contribution in [3.63, 3.8) is 0 Å². The zero-order valence-electron chi connectivity index (χ0n) is 13.9. The molecule has 0 unspecified atom stereocenters. The largest absolute Gasteiger partial charge is 0.424 e. The lowest BCUT2D eigenvalue weighted by Gasteiger charge is -2.14. The van der Waals surface area contributed by atoms with E-state index in [1.54, 1.807) is 6.33 Å². The van der Waals surface area contributed by atoms with Crippen molar-refractivity contribution < 1.29 is 4.74 Å². The van der Waals surface area contributed by atoms with Crippen LogP contribution in [0.25, 0.3) is 5.69 Å². The number of anilines is 1. The molecule has 0 N–H and O–H groups in total. The summed E-state index contributed by atoms with van der Waals surface area (Å²) in [7, 11) is 4.01. The fraction of sp³-hybridized carbons (Fsp3) is 0.263. The Morgan fingerprint density at radius 1 is 1.04 bits per heavy atom. The zero-order valence-corrected chi connectivity index (χ0v) is 13.9. The van der Waals surface area contributed by atoms with E-state index in [9.17, 15) is 0 Å². The van der Waals surface area contributed by atoms with Gasteiger partial charge in [0.05, 0.1) is 5.69 Å². The van der Waals surface area contributed by atoms with Crippen molar-refractivity contribution in [2.75, 3.05) is 19.0 Å². The Kier molecular flexibility index (Phi) is 3.69. The first-order valence-corrected chi connectivity index (χ1v) is 8.18. The van der Waals surface area contributed by atoms with E-state index in [0.29, 0.717) is 6.01 Å². The van der Waals surface area contributed by atoms with Crippen molar-refractivity contribution in [1.29, 1.82) is 0 Å². The summed E-state index contributed by atoms with van der Waals surface area (Å²) in [5, 5.41) is 8.16. The second-order valence-corrected chi connectivity index (χ2v) is 6.28. The number of nitrogens with zero attached hydrogens (tertiary/aromatic N) is 4. The highest BCUT2D eigenvalue weighted by Gasteiger charge is 2.14. The van der Waals surface area contributed by atoms with Gasteiger partial charge in [-0.25, -0.2) is 0 Å². The lowest BCUT2D eigenvalue weighted by atomic mass is 10.1. The molecule has 0 radical (unpaired) electrons. The minimum atomic E-state index is 0.476. The van der Waals surface area contributed by atoms with Crippen LogP contribution in [-0.2, 0) is 12.8 Å². The zero-order chi connectivity index (χ0) is 16.5. The predicted molar refractivity (Wildman–Crippen MR) is 94.2 cm³/mol.